The second-order valence-electron chi connectivity index (χ2n) is 8.39. The van der Waals surface area contributed by atoms with E-state index < -0.39 is 5.60 Å². The molecule has 1 N–H and O–H groups in total. The normalized spacial score (nSPS) is 17.3. The van der Waals surface area contributed by atoms with Crippen molar-refractivity contribution in [3.8, 4) is 5.75 Å². The van der Waals surface area contributed by atoms with Crippen LogP contribution in [0.15, 0.2) is 36.4 Å². The maximum atomic E-state index is 13.0. The number of amides is 2. The van der Waals surface area contributed by atoms with Gasteiger partial charge in [-0.05, 0) is 49.2 Å². The molecule has 0 aromatic heterocycles. The Hall–Kier alpha value is -3.15. The fourth-order valence-corrected chi connectivity index (χ4v) is 4.53. The van der Waals surface area contributed by atoms with E-state index in [4.69, 9.17) is 4.74 Å². The van der Waals surface area contributed by atoms with Crippen molar-refractivity contribution in [1.29, 1.82) is 0 Å². The number of hydrogen-bond acceptors (Lipinski definition) is 4. The van der Waals surface area contributed by atoms with Crippen molar-refractivity contribution in [2.75, 3.05) is 18.4 Å². The highest BCUT2D eigenvalue weighted by molar-refractivity contribution is 6.02. The van der Waals surface area contributed by atoms with Crippen LogP contribution in [0.3, 0.4) is 0 Å². The van der Waals surface area contributed by atoms with E-state index in [1.807, 2.05) is 26.0 Å². The molecule has 0 unspecified atom stereocenters. The number of fused-ring (bicyclic) bond motifs is 1. The third-order valence-electron chi connectivity index (χ3n) is 5.92. The molecule has 0 saturated carbocycles. The molecule has 156 valence electrons. The molecule has 1 saturated heterocycles. The second-order valence-corrected chi connectivity index (χ2v) is 8.39. The van der Waals surface area contributed by atoms with E-state index in [0.29, 0.717) is 54.9 Å². The number of benzene rings is 2. The van der Waals surface area contributed by atoms with Crippen LogP contribution in [-0.2, 0) is 4.79 Å². The number of hydrogen-bond donors (Lipinski definition) is 1. The Morgan fingerprint density at radius 2 is 1.83 bits per heavy atom. The smallest absolute Gasteiger partial charge is 0.253 e. The van der Waals surface area contributed by atoms with Gasteiger partial charge in [-0.2, -0.15) is 0 Å². The fourth-order valence-electron chi connectivity index (χ4n) is 4.53. The quantitative estimate of drug-likeness (QED) is 0.821. The number of nitrogens with one attached hydrogen (secondary N) is 1. The summed E-state index contributed by atoms with van der Waals surface area (Å²) in [5, 5.41) is 2.71. The number of aryl methyl sites for hydroxylation is 2. The molecule has 2 aliphatic heterocycles. The zero-order chi connectivity index (χ0) is 21.5. The van der Waals surface area contributed by atoms with Gasteiger partial charge in [-0.3, -0.25) is 14.4 Å². The summed E-state index contributed by atoms with van der Waals surface area (Å²) >= 11 is 0. The van der Waals surface area contributed by atoms with Gasteiger partial charge in [0.25, 0.3) is 5.91 Å². The lowest BCUT2D eigenvalue weighted by molar-refractivity contribution is -0.114. The summed E-state index contributed by atoms with van der Waals surface area (Å²) in [6, 6.07) is 10.9. The summed E-state index contributed by atoms with van der Waals surface area (Å²) < 4.78 is 6.38. The van der Waals surface area contributed by atoms with Crippen molar-refractivity contribution < 1.29 is 19.1 Å². The Bertz CT molecular complexity index is 1040. The Morgan fingerprint density at radius 1 is 1.10 bits per heavy atom. The van der Waals surface area contributed by atoms with Crippen LogP contribution in [0.5, 0.6) is 5.75 Å². The Balaban J connectivity index is 1.48. The lowest BCUT2D eigenvalue weighted by Gasteiger charge is -2.44. The van der Waals surface area contributed by atoms with E-state index in [1.165, 1.54) is 6.92 Å². The highest BCUT2D eigenvalue weighted by Crippen LogP contribution is 2.41. The zero-order valence-electron chi connectivity index (χ0n) is 17.6. The maximum Gasteiger partial charge on any atom is 0.253 e. The minimum Gasteiger partial charge on any atom is -0.486 e. The summed E-state index contributed by atoms with van der Waals surface area (Å²) in [4.78, 5) is 38.9. The maximum absolute atomic E-state index is 13.0. The van der Waals surface area contributed by atoms with Crippen LogP contribution in [0, 0.1) is 13.8 Å². The van der Waals surface area contributed by atoms with E-state index in [9.17, 15) is 14.4 Å². The molecule has 2 amide bonds. The summed E-state index contributed by atoms with van der Waals surface area (Å²) in [6.45, 7) is 6.43. The van der Waals surface area contributed by atoms with Gasteiger partial charge in [-0.1, -0.05) is 12.1 Å². The van der Waals surface area contributed by atoms with Gasteiger partial charge in [-0.15, -0.1) is 0 Å². The largest absolute Gasteiger partial charge is 0.486 e. The summed E-state index contributed by atoms with van der Waals surface area (Å²) in [5.41, 5.74) is 3.32. The van der Waals surface area contributed by atoms with Gasteiger partial charge in [0.2, 0.25) is 5.91 Å². The van der Waals surface area contributed by atoms with Crippen LogP contribution in [0.4, 0.5) is 5.69 Å². The van der Waals surface area contributed by atoms with Crippen LogP contribution >= 0.6 is 0 Å². The van der Waals surface area contributed by atoms with Crippen molar-refractivity contribution in [1.82, 2.24) is 4.90 Å². The molecule has 4 rings (SSSR count). The van der Waals surface area contributed by atoms with E-state index in [1.54, 1.807) is 29.2 Å². The third-order valence-corrected chi connectivity index (χ3v) is 5.92. The fraction of sp³-hybridized carbons (Fsp3) is 0.375. The highest BCUT2D eigenvalue weighted by Gasteiger charge is 2.44. The number of carbonyl (C=O) groups is 3. The molecular formula is C24H26N2O4. The van der Waals surface area contributed by atoms with Gasteiger partial charge in [0.15, 0.2) is 5.78 Å². The predicted octanol–water partition coefficient (Wildman–Crippen LogP) is 3.90. The first-order valence-corrected chi connectivity index (χ1v) is 10.3. The SMILES string of the molecule is CC(=O)Nc1cccc(C(=O)N2CCC3(CC2)CC(=O)c2c(C)cc(C)cc2O3)c1. The van der Waals surface area contributed by atoms with Crippen molar-refractivity contribution in [3.63, 3.8) is 0 Å². The number of nitrogens with zero attached hydrogens (tertiary/aromatic N) is 1. The van der Waals surface area contributed by atoms with E-state index in [2.05, 4.69) is 5.32 Å². The number of anilines is 1. The lowest BCUT2D eigenvalue weighted by atomic mass is 9.81. The number of likely N-dealkylation sites (tertiary alicyclic amines) is 1. The van der Waals surface area contributed by atoms with Gasteiger partial charge in [0, 0.05) is 44.1 Å². The van der Waals surface area contributed by atoms with Gasteiger partial charge in [0.05, 0.1) is 12.0 Å². The van der Waals surface area contributed by atoms with Gasteiger partial charge >= 0.3 is 0 Å². The number of rotatable bonds is 2. The second kappa shape index (κ2) is 7.59. The van der Waals surface area contributed by atoms with Crippen LogP contribution in [0.25, 0.3) is 0 Å². The number of ether oxygens (including phenoxy) is 1. The van der Waals surface area contributed by atoms with Crippen LogP contribution in [0.1, 0.15) is 58.0 Å². The van der Waals surface area contributed by atoms with E-state index in [0.717, 1.165) is 11.1 Å². The molecular weight excluding hydrogens is 380 g/mol. The molecule has 30 heavy (non-hydrogen) atoms. The summed E-state index contributed by atoms with van der Waals surface area (Å²) in [7, 11) is 0. The first-order chi connectivity index (χ1) is 14.3. The van der Waals surface area contributed by atoms with Crippen LogP contribution in [0.2, 0.25) is 0 Å². The van der Waals surface area contributed by atoms with Gasteiger partial charge < -0.3 is 15.0 Å². The Labute approximate surface area is 176 Å². The van der Waals surface area contributed by atoms with Crippen LogP contribution in [-0.4, -0.2) is 41.2 Å². The average Bonchev–Trinajstić information content (AvgIpc) is 2.66. The van der Waals surface area contributed by atoms with Crippen molar-refractivity contribution in [3.05, 3.63) is 58.7 Å². The number of ketones is 1. The lowest BCUT2D eigenvalue weighted by Crippen LogP contribution is -2.52. The standard InChI is InChI=1S/C24H26N2O4/c1-15-11-16(2)22-20(28)14-24(30-21(22)12-15)7-9-26(10-8-24)23(29)18-5-4-6-19(13-18)25-17(3)27/h4-6,11-13H,7-10,14H2,1-3H3,(H,25,27). The van der Waals surface area contributed by atoms with E-state index in [-0.39, 0.29) is 17.6 Å². The number of carbonyl (C=O) groups excluding carboxylic acids is 3. The number of piperidine rings is 1. The first kappa shape index (κ1) is 20.1. The minimum atomic E-state index is -0.543. The average molecular weight is 406 g/mol. The zero-order valence-corrected chi connectivity index (χ0v) is 17.6. The predicted molar refractivity (Wildman–Crippen MR) is 114 cm³/mol. The van der Waals surface area contributed by atoms with E-state index >= 15 is 0 Å². The molecule has 0 aliphatic carbocycles. The first-order valence-electron chi connectivity index (χ1n) is 10.3. The van der Waals surface area contributed by atoms with Crippen molar-refractivity contribution >= 4 is 23.3 Å². The van der Waals surface area contributed by atoms with Crippen LogP contribution < -0.4 is 10.1 Å². The monoisotopic (exact) mass is 406 g/mol. The molecule has 1 fully saturated rings. The molecule has 0 bridgehead atoms. The molecule has 0 atom stereocenters. The molecule has 6 heteroatoms. The third kappa shape index (κ3) is 3.82. The topological polar surface area (TPSA) is 75.7 Å². The summed E-state index contributed by atoms with van der Waals surface area (Å²) in [5.74, 6) is 0.540. The molecule has 2 heterocycles. The molecule has 2 aromatic rings. The minimum absolute atomic E-state index is 0.0775. The molecule has 6 nitrogen and oxygen atoms in total. The molecule has 2 aromatic carbocycles. The molecule has 0 radical (unpaired) electrons. The van der Waals surface area contributed by atoms with Crippen molar-refractivity contribution in [2.45, 2.75) is 45.6 Å². The highest BCUT2D eigenvalue weighted by atomic mass is 16.5. The Kier molecular flexibility index (Phi) is 5.10. The van der Waals surface area contributed by atoms with Gasteiger partial charge in [-0.25, -0.2) is 0 Å². The Morgan fingerprint density at radius 3 is 2.53 bits per heavy atom. The molecule has 1 spiro atoms. The molecule has 2 aliphatic rings. The summed E-state index contributed by atoms with van der Waals surface area (Å²) in [6.07, 6.45) is 1.58. The number of Topliss-reactive ketones (excluding diaryl/α,β-unsaturated/α-hetero) is 1. The van der Waals surface area contributed by atoms with Gasteiger partial charge in [0.1, 0.15) is 11.4 Å². The van der Waals surface area contributed by atoms with Crippen molar-refractivity contribution in [2.24, 2.45) is 0 Å².